The Morgan fingerprint density at radius 2 is 2.00 bits per heavy atom. The lowest BCUT2D eigenvalue weighted by atomic mass is 10.0. The minimum atomic E-state index is -0.469. The van der Waals surface area contributed by atoms with E-state index in [1.165, 1.54) is 12.3 Å². The van der Waals surface area contributed by atoms with E-state index in [9.17, 15) is 14.0 Å². The number of nitrogens with zero attached hydrogens (tertiary/aromatic N) is 3. The summed E-state index contributed by atoms with van der Waals surface area (Å²) in [4.78, 5) is 34.8. The van der Waals surface area contributed by atoms with Gasteiger partial charge in [0, 0.05) is 18.1 Å². The summed E-state index contributed by atoms with van der Waals surface area (Å²) < 4.78 is 19.0. The van der Waals surface area contributed by atoms with Crippen molar-refractivity contribution in [2.24, 2.45) is 0 Å². The second kappa shape index (κ2) is 10.3. The van der Waals surface area contributed by atoms with Crippen LogP contribution in [0.3, 0.4) is 0 Å². The number of aromatic amines is 1. The maximum atomic E-state index is 14.2. The molecule has 0 saturated heterocycles. The highest BCUT2D eigenvalue weighted by atomic mass is 19.1. The van der Waals surface area contributed by atoms with Crippen LogP contribution in [0.1, 0.15) is 67.3 Å². The number of benzene rings is 1. The zero-order valence-electron chi connectivity index (χ0n) is 19.5. The number of halogens is 1. The third-order valence-electron chi connectivity index (χ3n) is 6.52. The number of nitrogens with one attached hydrogen (secondary N) is 2. The summed E-state index contributed by atoms with van der Waals surface area (Å²) in [7, 11) is 3.83. The first-order chi connectivity index (χ1) is 16.4. The molecule has 180 valence electrons. The van der Waals surface area contributed by atoms with Gasteiger partial charge in [0.25, 0.3) is 0 Å². The van der Waals surface area contributed by atoms with Gasteiger partial charge in [0.2, 0.25) is 5.91 Å². The van der Waals surface area contributed by atoms with Gasteiger partial charge in [-0.3, -0.25) is 14.5 Å². The fourth-order valence-electron chi connectivity index (χ4n) is 4.19. The predicted octanol–water partition coefficient (Wildman–Crippen LogP) is 4.29. The predicted molar refractivity (Wildman–Crippen MR) is 124 cm³/mol. The van der Waals surface area contributed by atoms with Gasteiger partial charge in [0.15, 0.2) is 5.78 Å². The van der Waals surface area contributed by atoms with Crippen LogP contribution < -0.4 is 5.32 Å². The van der Waals surface area contributed by atoms with Gasteiger partial charge in [-0.15, -0.1) is 0 Å². The summed E-state index contributed by atoms with van der Waals surface area (Å²) in [6.07, 6.45) is 8.00. The largest absolute Gasteiger partial charge is 0.364 e. The normalized spacial score (nSPS) is 15.3. The molecule has 0 aliphatic heterocycles. The molecule has 1 aliphatic carbocycles. The van der Waals surface area contributed by atoms with Gasteiger partial charge in [-0.2, -0.15) is 0 Å². The van der Waals surface area contributed by atoms with Crippen molar-refractivity contribution in [3.05, 3.63) is 60.1 Å². The van der Waals surface area contributed by atoms with Crippen LogP contribution in [0.25, 0.3) is 11.3 Å². The summed E-state index contributed by atoms with van der Waals surface area (Å²) in [6.45, 7) is 0. The molecule has 34 heavy (non-hydrogen) atoms. The molecular formula is C25H30FN5O3. The minimum Gasteiger partial charge on any atom is -0.364 e. The highest BCUT2D eigenvalue weighted by molar-refractivity contribution is 5.93. The number of carbonyl (C=O) groups is 2. The van der Waals surface area contributed by atoms with Crippen molar-refractivity contribution in [2.75, 3.05) is 14.1 Å². The smallest absolute Gasteiger partial charge is 0.241 e. The van der Waals surface area contributed by atoms with Crippen LogP contribution in [0, 0.1) is 5.82 Å². The summed E-state index contributed by atoms with van der Waals surface area (Å²) >= 11 is 0. The van der Waals surface area contributed by atoms with Crippen molar-refractivity contribution in [1.29, 1.82) is 0 Å². The van der Waals surface area contributed by atoms with Crippen molar-refractivity contribution in [2.45, 2.75) is 56.5 Å². The SMILES string of the molecule is CN(C)C1(C(=O)N[C@@H](CCCCCC(=O)c2ccon2)c2ncc(-c3ccccc3F)[nH]2)CC1. The summed E-state index contributed by atoms with van der Waals surface area (Å²) in [6, 6.07) is 7.74. The number of H-pyrrole nitrogens is 1. The Morgan fingerprint density at radius 1 is 1.21 bits per heavy atom. The molecule has 1 saturated carbocycles. The van der Waals surface area contributed by atoms with Crippen molar-refractivity contribution >= 4 is 11.7 Å². The van der Waals surface area contributed by atoms with Crippen LogP contribution in [-0.4, -0.2) is 51.3 Å². The number of rotatable bonds is 12. The van der Waals surface area contributed by atoms with Gasteiger partial charge < -0.3 is 14.8 Å². The van der Waals surface area contributed by atoms with E-state index in [4.69, 9.17) is 4.52 Å². The number of amides is 1. The molecule has 1 amide bonds. The maximum Gasteiger partial charge on any atom is 0.241 e. The molecule has 2 heterocycles. The van der Waals surface area contributed by atoms with Gasteiger partial charge >= 0.3 is 0 Å². The number of carbonyl (C=O) groups excluding carboxylic acids is 2. The fourth-order valence-corrected chi connectivity index (χ4v) is 4.19. The maximum absolute atomic E-state index is 14.2. The lowest BCUT2D eigenvalue weighted by Crippen LogP contribution is -2.47. The zero-order valence-corrected chi connectivity index (χ0v) is 19.5. The second-order valence-electron chi connectivity index (χ2n) is 9.02. The molecule has 0 radical (unpaired) electrons. The molecule has 8 nitrogen and oxygen atoms in total. The molecular weight excluding hydrogens is 437 g/mol. The van der Waals surface area contributed by atoms with Crippen LogP contribution in [0.5, 0.6) is 0 Å². The Bertz CT molecular complexity index is 1120. The summed E-state index contributed by atoms with van der Waals surface area (Å²) in [5, 5.41) is 6.84. The van der Waals surface area contributed by atoms with Crippen LogP contribution >= 0.6 is 0 Å². The standard InChI is InChI=1S/C25H30FN5O3/c1-31(2)25(13-14-25)24(33)29-20(10-4-3-5-11-22(32)19-12-15-34-30-19)23-27-16-21(28-23)17-8-6-7-9-18(17)26/h6-9,12,15-16,20H,3-5,10-11,13-14H2,1-2H3,(H,27,28)(H,29,33)/t20-/m0/s1. The molecule has 0 bridgehead atoms. The average molecular weight is 468 g/mol. The highest BCUT2D eigenvalue weighted by Gasteiger charge is 2.52. The van der Waals surface area contributed by atoms with E-state index in [1.54, 1.807) is 30.5 Å². The molecule has 1 aromatic carbocycles. The number of Topliss-reactive ketones (excluding diaryl/α,β-unsaturated/α-hetero) is 1. The molecule has 4 rings (SSSR count). The quantitative estimate of drug-likeness (QED) is 0.304. The molecule has 0 spiro atoms. The van der Waals surface area contributed by atoms with Crippen molar-refractivity contribution in [3.63, 3.8) is 0 Å². The Hall–Kier alpha value is -3.33. The molecule has 9 heteroatoms. The van der Waals surface area contributed by atoms with Crippen LogP contribution in [0.4, 0.5) is 4.39 Å². The van der Waals surface area contributed by atoms with Crippen LogP contribution in [0.15, 0.2) is 47.3 Å². The number of imidazole rings is 1. The van der Waals surface area contributed by atoms with Gasteiger partial charge in [-0.05, 0) is 51.9 Å². The fraction of sp³-hybridized carbons (Fsp3) is 0.440. The molecule has 1 aliphatic rings. The third kappa shape index (κ3) is 5.25. The Labute approximate surface area is 197 Å². The second-order valence-corrected chi connectivity index (χ2v) is 9.02. The average Bonchev–Trinajstić information content (AvgIpc) is 3.22. The van der Waals surface area contributed by atoms with E-state index in [2.05, 4.69) is 20.4 Å². The lowest BCUT2D eigenvalue weighted by molar-refractivity contribution is -0.127. The molecule has 1 fully saturated rings. The third-order valence-corrected chi connectivity index (χ3v) is 6.52. The number of unbranched alkanes of at least 4 members (excludes halogenated alkanes) is 2. The number of likely N-dealkylation sites (N-methyl/N-ethyl adjacent to an activating group) is 1. The van der Waals surface area contributed by atoms with Crippen LogP contribution in [0.2, 0.25) is 0 Å². The van der Waals surface area contributed by atoms with E-state index in [1.807, 2.05) is 19.0 Å². The Kier molecular flexibility index (Phi) is 7.21. The van der Waals surface area contributed by atoms with E-state index in [-0.39, 0.29) is 23.5 Å². The molecule has 0 unspecified atom stereocenters. The van der Waals surface area contributed by atoms with Crippen molar-refractivity contribution in [1.82, 2.24) is 25.3 Å². The number of hydrogen-bond donors (Lipinski definition) is 2. The first-order valence-electron chi connectivity index (χ1n) is 11.6. The number of ketones is 1. The molecule has 3 aromatic rings. The number of hydrogen-bond acceptors (Lipinski definition) is 6. The molecule has 2 N–H and O–H groups in total. The minimum absolute atomic E-state index is 0.0208. The zero-order chi connectivity index (χ0) is 24.1. The summed E-state index contributed by atoms with van der Waals surface area (Å²) in [5.74, 6) is 0.202. The van der Waals surface area contributed by atoms with Gasteiger partial charge in [-0.1, -0.05) is 30.1 Å². The van der Waals surface area contributed by atoms with Crippen molar-refractivity contribution in [3.8, 4) is 11.3 Å². The van der Waals surface area contributed by atoms with E-state index >= 15 is 0 Å². The highest BCUT2D eigenvalue weighted by Crippen LogP contribution is 2.41. The Balaban J connectivity index is 1.40. The van der Waals surface area contributed by atoms with Crippen molar-refractivity contribution < 1.29 is 18.5 Å². The van der Waals surface area contributed by atoms with Gasteiger partial charge in [-0.25, -0.2) is 9.37 Å². The van der Waals surface area contributed by atoms with Crippen LogP contribution in [-0.2, 0) is 4.79 Å². The lowest BCUT2D eigenvalue weighted by Gasteiger charge is -2.26. The van der Waals surface area contributed by atoms with E-state index < -0.39 is 5.54 Å². The number of aromatic nitrogens is 3. The van der Waals surface area contributed by atoms with Gasteiger partial charge in [0.1, 0.15) is 23.6 Å². The first kappa shape index (κ1) is 23.8. The molecule has 1 atom stereocenters. The molecule has 2 aromatic heterocycles. The topological polar surface area (TPSA) is 104 Å². The van der Waals surface area contributed by atoms with Gasteiger partial charge in [0.05, 0.1) is 23.5 Å². The Morgan fingerprint density at radius 3 is 2.68 bits per heavy atom. The first-order valence-corrected chi connectivity index (χ1v) is 11.6. The van der Waals surface area contributed by atoms with E-state index in [0.29, 0.717) is 42.0 Å². The monoisotopic (exact) mass is 467 g/mol. The summed E-state index contributed by atoms with van der Waals surface area (Å²) in [5.41, 5.74) is 0.882. The van der Waals surface area contributed by atoms with E-state index in [0.717, 1.165) is 25.7 Å².